The van der Waals surface area contributed by atoms with Crippen LogP contribution in [0.25, 0.3) is 11.3 Å². The van der Waals surface area contributed by atoms with Crippen molar-refractivity contribution in [1.82, 2.24) is 20.4 Å². The quantitative estimate of drug-likeness (QED) is 0.695. The SMILES string of the molecule is Cc1ccc(-c2cc(C(=O)NC[C@H](c3cccnc3)N3CCOCC3)no2)cc1. The maximum absolute atomic E-state index is 12.7. The molecule has 1 aliphatic heterocycles. The summed E-state index contributed by atoms with van der Waals surface area (Å²) in [6, 6.07) is 13.6. The molecule has 3 aromatic rings. The van der Waals surface area contributed by atoms with Gasteiger partial charge in [0.05, 0.1) is 19.3 Å². The zero-order valence-electron chi connectivity index (χ0n) is 16.4. The van der Waals surface area contributed by atoms with Crippen LogP contribution in [0, 0.1) is 6.92 Å². The van der Waals surface area contributed by atoms with Crippen molar-refractivity contribution >= 4 is 5.91 Å². The third-order valence-corrected chi connectivity index (χ3v) is 5.09. The Bertz CT molecular complexity index is 934. The second-order valence-electron chi connectivity index (χ2n) is 7.10. The van der Waals surface area contributed by atoms with Crippen molar-refractivity contribution in [1.29, 1.82) is 0 Å². The van der Waals surface area contributed by atoms with Crippen molar-refractivity contribution < 1.29 is 14.1 Å². The summed E-state index contributed by atoms with van der Waals surface area (Å²) in [5.41, 5.74) is 3.39. The summed E-state index contributed by atoms with van der Waals surface area (Å²) in [7, 11) is 0. The molecule has 0 bridgehead atoms. The van der Waals surface area contributed by atoms with Gasteiger partial charge in [-0.25, -0.2) is 0 Å². The highest BCUT2D eigenvalue weighted by Crippen LogP contribution is 2.22. The van der Waals surface area contributed by atoms with E-state index >= 15 is 0 Å². The predicted octanol–water partition coefficient (Wildman–Crippen LogP) is 2.85. The molecule has 1 N–H and O–H groups in total. The fourth-order valence-electron chi connectivity index (χ4n) is 3.44. The third-order valence-electron chi connectivity index (χ3n) is 5.09. The number of amides is 1. The van der Waals surface area contributed by atoms with Gasteiger partial charge in [-0.1, -0.05) is 41.1 Å². The van der Waals surface area contributed by atoms with Crippen molar-refractivity contribution in [3.8, 4) is 11.3 Å². The summed E-state index contributed by atoms with van der Waals surface area (Å²) in [6.07, 6.45) is 3.60. The molecule has 1 fully saturated rings. The number of ether oxygens (including phenoxy) is 1. The minimum absolute atomic E-state index is 0.0278. The number of carbonyl (C=O) groups excluding carboxylic acids is 1. The molecule has 7 nitrogen and oxygen atoms in total. The molecule has 0 spiro atoms. The summed E-state index contributed by atoms with van der Waals surface area (Å²) in [5, 5.41) is 6.94. The van der Waals surface area contributed by atoms with Crippen LogP contribution in [0.3, 0.4) is 0 Å². The van der Waals surface area contributed by atoms with Gasteiger partial charge in [0.25, 0.3) is 5.91 Å². The molecular weight excluding hydrogens is 368 g/mol. The smallest absolute Gasteiger partial charge is 0.273 e. The van der Waals surface area contributed by atoms with Crippen LogP contribution in [0.15, 0.2) is 59.4 Å². The van der Waals surface area contributed by atoms with Crippen LogP contribution in [0.5, 0.6) is 0 Å². The summed E-state index contributed by atoms with van der Waals surface area (Å²) >= 11 is 0. The van der Waals surface area contributed by atoms with Crippen molar-refractivity contribution in [2.75, 3.05) is 32.8 Å². The van der Waals surface area contributed by atoms with Crippen LogP contribution in [0.4, 0.5) is 0 Å². The molecule has 4 rings (SSSR count). The number of hydrogen-bond donors (Lipinski definition) is 1. The largest absolute Gasteiger partial charge is 0.379 e. The Morgan fingerprint density at radius 1 is 1.21 bits per heavy atom. The molecule has 2 aromatic heterocycles. The number of hydrogen-bond acceptors (Lipinski definition) is 6. The van der Waals surface area contributed by atoms with Crippen LogP contribution >= 0.6 is 0 Å². The zero-order chi connectivity index (χ0) is 20.1. The second kappa shape index (κ2) is 8.98. The Kier molecular flexibility index (Phi) is 5.97. The molecule has 29 heavy (non-hydrogen) atoms. The summed E-state index contributed by atoms with van der Waals surface area (Å²) in [6.45, 7) is 5.49. The van der Waals surface area contributed by atoms with Crippen LogP contribution in [-0.2, 0) is 4.74 Å². The fourth-order valence-corrected chi connectivity index (χ4v) is 3.44. The van der Waals surface area contributed by atoms with Gasteiger partial charge in [0.1, 0.15) is 0 Å². The normalized spacial score (nSPS) is 15.8. The topological polar surface area (TPSA) is 80.5 Å². The second-order valence-corrected chi connectivity index (χ2v) is 7.10. The molecule has 1 amide bonds. The van der Waals surface area contributed by atoms with Gasteiger partial charge in [0.15, 0.2) is 11.5 Å². The summed E-state index contributed by atoms with van der Waals surface area (Å²) in [5.74, 6) is 0.321. The number of carbonyl (C=O) groups is 1. The molecule has 3 heterocycles. The number of rotatable bonds is 6. The minimum Gasteiger partial charge on any atom is -0.379 e. The highest BCUT2D eigenvalue weighted by Gasteiger charge is 2.24. The first-order valence-electron chi connectivity index (χ1n) is 9.74. The van der Waals surface area contributed by atoms with Crippen molar-refractivity contribution in [2.24, 2.45) is 0 Å². The van der Waals surface area contributed by atoms with Crippen LogP contribution in [0.2, 0.25) is 0 Å². The molecule has 0 unspecified atom stereocenters. The van der Waals surface area contributed by atoms with Crippen molar-refractivity contribution in [2.45, 2.75) is 13.0 Å². The molecule has 1 aliphatic rings. The van der Waals surface area contributed by atoms with E-state index in [1.54, 1.807) is 12.3 Å². The highest BCUT2D eigenvalue weighted by molar-refractivity contribution is 5.93. The van der Waals surface area contributed by atoms with Crippen LogP contribution in [0.1, 0.15) is 27.7 Å². The molecule has 1 atom stereocenters. The number of nitrogens with zero attached hydrogens (tertiary/aromatic N) is 3. The predicted molar refractivity (Wildman–Crippen MR) is 108 cm³/mol. The maximum atomic E-state index is 12.7. The zero-order valence-corrected chi connectivity index (χ0v) is 16.4. The van der Waals surface area contributed by atoms with Crippen LogP contribution in [-0.4, -0.2) is 53.8 Å². The number of benzene rings is 1. The number of aromatic nitrogens is 2. The Hall–Kier alpha value is -3.03. The first kappa shape index (κ1) is 19.3. The van der Waals surface area contributed by atoms with E-state index in [-0.39, 0.29) is 17.6 Å². The van der Waals surface area contributed by atoms with E-state index in [1.165, 1.54) is 0 Å². The van der Waals surface area contributed by atoms with Crippen LogP contribution < -0.4 is 5.32 Å². The number of aryl methyl sites for hydroxylation is 1. The van der Waals surface area contributed by atoms with Gasteiger partial charge in [0.2, 0.25) is 0 Å². The Morgan fingerprint density at radius 3 is 2.72 bits per heavy atom. The van der Waals surface area contributed by atoms with Crippen molar-refractivity contribution in [3.05, 3.63) is 71.7 Å². The lowest BCUT2D eigenvalue weighted by Gasteiger charge is -2.34. The molecule has 0 saturated carbocycles. The molecule has 7 heteroatoms. The number of nitrogens with one attached hydrogen (secondary N) is 1. The lowest BCUT2D eigenvalue weighted by atomic mass is 10.1. The number of morpholine rings is 1. The molecular formula is C22H24N4O3. The monoisotopic (exact) mass is 392 g/mol. The molecule has 0 radical (unpaired) electrons. The Balaban J connectivity index is 1.44. The van der Waals surface area contributed by atoms with Gasteiger partial charge in [-0.05, 0) is 18.6 Å². The highest BCUT2D eigenvalue weighted by atomic mass is 16.5. The summed E-state index contributed by atoms with van der Waals surface area (Å²) < 4.78 is 10.8. The summed E-state index contributed by atoms with van der Waals surface area (Å²) in [4.78, 5) is 19.2. The van der Waals surface area contributed by atoms with Gasteiger partial charge < -0.3 is 14.6 Å². The molecule has 1 aromatic carbocycles. The molecule has 150 valence electrons. The minimum atomic E-state index is -0.255. The lowest BCUT2D eigenvalue weighted by Crippen LogP contribution is -2.43. The van der Waals surface area contributed by atoms with Gasteiger partial charge >= 0.3 is 0 Å². The lowest BCUT2D eigenvalue weighted by molar-refractivity contribution is 0.0161. The van der Waals surface area contributed by atoms with Gasteiger partial charge in [0, 0.05) is 43.7 Å². The van der Waals surface area contributed by atoms with Crippen molar-refractivity contribution in [3.63, 3.8) is 0 Å². The van der Waals surface area contributed by atoms with Gasteiger partial charge in [-0.2, -0.15) is 0 Å². The van der Waals surface area contributed by atoms with E-state index in [4.69, 9.17) is 9.26 Å². The average molecular weight is 392 g/mol. The average Bonchev–Trinajstić information content (AvgIpc) is 3.26. The third kappa shape index (κ3) is 4.70. The first-order chi connectivity index (χ1) is 14.2. The van der Waals surface area contributed by atoms with E-state index in [9.17, 15) is 4.79 Å². The Morgan fingerprint density at radius 2 is 2.00 bits per heavy atom. The fraction of sp³-hybridized carbons (Fsp3) is 0.318. The van der Waals surface area contributed by atoms with E-state index < -0.39 is 0 Å². The molecule has 1 saturated heterocycles. The van der Waals surface area contributed by atoms with E-state index in [1.807, 2.05) is 49.5 Å². The van der Waals surface area contributed by atoms with Gasteiger partial charge in [-0.3, -0.25) is 14.7 Å². The molecule has 0 aliphatic carbocycles. The first-order valence-corrected chi connectivity index (χ1v) is 9.74. The Labute approximate surface area is 169 Å². The van der Waals surface area contributed by atoms with Gasteiger partial charge in [-0.15, -0.1) is 0 Å². The maximum Gasteiger partial charge on any atom is 0.273 e. The van der Waals surface area contributed by atoms with E-state index in [0.29, 0.717) is 25.5 Å². The van der Waals surface area contributed by atoms with E-state index in [2.05, 4.69) is 20.4 Å². The standard InChI is InChI=1S/C22H24N4O3/c1-16-4-6-17(7-5-16)21-13-19(25-29-21)22(27)24-15-20(18-3-2-8-23-14-18)26-9-11-28-12-10-26/h2-8,13-14,20H,9-12,15H2,1H3,(H,24,27)/t20-/m1/s1. The number of pyridine rings is 1. The van der Waals surface area contributed by atoms with E-state index in [0.717, 1.165) is 29.8 Å².